The molecule has 1 aromatic rings. The topological polar surface area (TPSA) is 82.7 Å². The van der Waals surface area contributed by atoms with Gasteiger partial charge in [-0.2, -0.15) is 0 Å². The zero-order valence-corrected chi connectivity index (χ0v) is 11.5. The van der Waals surface area contributed by atoms with Crippen molar-refractivity contribution in [2.45, 2.75) is 6.43 Å². The Morgan fingerprint density at radius 3 is 2.58 bits per heavy atom. The van der Waals surface area contributed by atoms with Crippen LogP contribution in [0.15, 0.2) is 0 Å². The van der Waals surface area contributed by atoms with E-state index in [1.165, 1.54) is 0 Å². The third kappa shape index (κ3) is 4.00. The zero-order chi connectivity index (χ0) is 14.6. The normalized spacial score (nSPS) is 10.8. The third-order valence-electron chi connectivity index (χ3n) is 2.23. The summed E-state index contributed by atoms with van der Waals surface area (Å²) in [7, 11) is 3.47. The molecule has 6 nitrogen and oxygen atoms in total. The van der Waals surface area contributed by atoms with Crippen LogP contribution in [0.4, 0.5) is 19.7 Å². The number of carbonyl (C=O) groups excluding carboxylic acids is 1. The number of hydrogen-bond acceptors (Lipinski definition) is 6. The van der Waals surface area contributed by atoms with Crippen molar-refractivity contribution in [1.29, 1.82) is 0 Å². The van der Waals surface area contributed by atoms with Crippen molar-refractivity contribution in [3.63, 3.8) is 0 Å². The summed E-state index contributed by atoms with van der Waals surface area (Å²) in [6.07, 6.45) is -2.67. The van der Waals surface area contributed by atoms with Gasteiger partial charge < -0.3 is 20.6 Å². The monoisotopic (exact) mass is 294 g/mol. The zero-order valence-electron chi connectivity index (χ0n) is 10.6. The summed E-state index contributed by atoms with van der Waals surface area (Å²) in [4.78, 5) is 18.7. The Morgan fingerprint density at radius 1 is 1.53 bits per heavy atom. The summed E-state index contributed by atoms with van der Waals surface area (Å²) < 4.78 is 24.8. The van der Waals surface area contributed by atoms with Crippen molar-refractivity contribution >= 4 is 28.2 Å². The van der Waals surface area contributed by atoms with E-state index in [4.69, 9.17) is 10.8 Å². The lowest BCUT2D eigenvalue weighted by Gasteiger charge is -2.20. The molecule has 0 radical (unpaired) electrons. The van der Waals surface area contributed by atoms with Gasteiger partial charge in [-0.3, -0.25) is 4.79 Å². The molecular formula is C10H16F2N4O2S. The van der Waals surface area contributed by atoms with Gasteiger partial charge in [-0.1, -0.05) is 11.3 Å². The molecule has 1 heterocycles. The Kier molecular flexibility index (Phi) is 5.43. The number of amides is 1. The fourth-order valence-corrected chi connectivity index (χ4v) is 2.25. The molecule has 0 aromatic carbocycles. The lowest BCUT2D eigenvalue weighted by Crippen LogP contribution is -2.37. The molecule has 0 unspecified atom stereocenters. The first-order valence-corrected chi connectivity index (χ1v) is 6.30. The summed E-state index contributed by atoms with van der Waals surface area (Å²) in [5.41, 5.74) is 5.62. The number of aromatic nitrogens is 1. The number of nitrogen functional groups attached to an aromatic ring is 1. The minimum atomic E-state index is -2.67. The molecule has 0 spiro atoms. The maximum Gasteiger partial charge on any atom is 0.268 e. The van der Waals surface area contributed by atoms with Gasteiger partial charge in [0.15, 0.2) is 5.13 Å². The second-order valence-electron chi connectivity index (χ2n) is 3.97. The summed E-state index contributed by atoms with van der Waals surface area (Å²) in [6.45, 7) is -1.30. The van der Waals surface area contributed by atoms with E-state index in [9.17, 15) is 13.6 Å². The number of carbonyl (C=O) groups is 1. The van der Waals surface area contributed by atoms with E-state index in [0.29, 0.717) is 5.13 Å². The highest BCUT2D eigenvalue weighted by Crippen LogP contribution is 2.28. The highest BCUT2D eigenvalue weighted by atomic mass is 32.1. The van der Waals surface area contributed by atoms with Crippen molar-refractivity contribution in [2.24, 2.45) is 0 Å². The van der Waals surface area contributed by atoms with Gasteiger partial charge in [-0.05, 0) is 0 Å². The van der Waals surface area contributed by atoms with E-state index < -0.39 is 25.5 Å². The number of nitrogens with zero attached hydrogens (tertiary/aromatic N) is 3. The molecule has 0 aliphatic heterocycles. The molecule has 0 fully saturated rings. The Morgan fingerprint density at radius 2 is 2.16 bits per heavy atom. The van der Waals surface area contributed by atoms with Gasteiger partial charge in [0.2, 0.25) is 0 Å². The van der Waals surface area contributed by atoms with Crippen LogP contribution in [0.3, 0.4) is 0 Å². The van der Waals surface area contributed by atoms with Gasteiger partial charge >= 0.3 is 0 Å². The Hall–Kier alpha value is -1.48. The van der Waals surface area contributed by atoms with E-state index >= 15 is 0 Å². The van der Waals surface area contributed by atoms with Crippen LogP contribution in [0.25, 0.3) is 0 Å². The molecule has 1 aromatic heterocycles. The predicted octanol–water partition coefficient (Wildman–Crippen LogP) is 0.491. The molecule has 0 atom stereocenters. The fraction of sp³-hybridized carbons (Fsp3) is 0.600. The summed E-state index contributed by atoms with van der Waals surface area (Å²) in [5.74, 6) is -0.631. The van der Waals surface area contributed by atoms with Crippen LogP contribution in [0.2, 0.25) is 0 Å². The highest BCUT2D eigenvalue weighted by molar-refractivity contribution is 7.18. The molecule has 108 valence electrons. The molecule has 0 aliphatic carbocycles. The van der Waals surface area contributed by atoms with Crippen LogP contribution in [0.5, 0.6) is 0 Å². The molecule has 9 heteroatoms. The minimum Gasteiger partial charge on any atom is -0.395 e. The number of hydrogen-bond donors (Lipinski definition) is 2. The van der Waals surface area contributed by atoms with Crippen molar-refractivity contribution in [3.8, 4) is 0 Å². The number of aliphatic hydroxyl groups is 1. The Bertz CT molecular complexity index is 439. The van der Waals surface area contributed by atoms with Gasteiger partial charge in [-0.15, -0.1) is 0 Å². The van der Waals surface area contributed by atoms with Gasteiger partial charge in [-0.25, -0.2) is 13.8 Å². The standard InChI is InChI=1S/C10H16F2N4O2S/c1-15(2)10-14-8(13)7(19-10)9(18)16(3-4-17)5-6(11)12/h6,17H,3-5,13H2,1-2H3. The van der Waals surface area contributed by atoms with Gasteiger partial charge in [0, 0.05) is 20.6 Å². The van der Waals surface area contributed by atoms with Crippen LogP contribution in [0.1, 0.15) is 9.67 Å². The molecule has 1 amide bonds. The van der Waals surface area contributed by atoms with Crippen LogP contribution in [-0.4, -0.2) is 61.1 Å². The van der Waals surface area contributed by atoms with Gasteiger partial charge in [0.1, 0.15) is 10.7 Å². The van der Waals surface area contributed by atoms with E-state index in [2.05, 4.69) is 4.98 Å². The maximum atomic E-state index is 12.4. The molecule has 0 aliphatic rings. The van der Waals surface area contributed by atoms with Crippen molar-refractivity contribution < 1.29 is 18.7 Å². The van der Waals surface area contributed by atoms with Crippen LogP contribution < -0.4 is 10.6 Å². The van der Waals surface area contributed by atoms with Crippen molar-refractivity contribution in [3.05, 3.63) is 4.88 Å². The van der Waals surface area contributed by atoms with Crippen LogP contribution in [-0.2, 0) is 0 Å². The van der Waals surface area contributed by atoms with Gasteiger partial charge in [0.25, 0.3) is 12.3 Å². The molecule has 0 saturated heterocycles. The van der Waals surface area contributed by atoms with Crippen LogP contribution >= 0.6 is 11.3 Å². The summed E-state index contributed by atoms with van der Waals surface area (Å²) in [5, 5.41) is 9.33. The number of anilines is 2. The molecule has 0 bridgehead atoms. The molecule has 1 rings (SSSR count). The number of nitrogens with two attached hydrogens (primary N) is 1. The van der Waals surface area contributed by atoms with E-state index in [1.54, 1.807) is 19.0 Å². The fourth-order valence-electron chi connectivity index (χ4n) is 1.37. The van der Waals surface area contributed by atoms with E-state index in [-0.39, 0.29) is 17.2 Å². The average molecular weight is 294 g/mol. The summed E-state index contributed by atoms with van der Waals surface area (Å²) >= 11 is 1.03. The predicted molar refractivity (Wildman–Crippen MR) is 69.8 cm³/mol. The largest absolute Gasteiger partial charge is 0.395 e. The average Bonchev–Trinajstić information content (AvgIpc) is 2.69. The number of halogens is 2. The lowest BCUT2D eigenvalue weighted by molar-refractivity contribution is 0.0514. The molecule has 3 N–H and O–H groups in total. The first-order chi connectivity index (χ1) is 8.86. The smallest absolute Gasteiger partial charge is 0.268 e. The first-order valence-electron chi connectivity index (χ1n) is 5.48. The minimum absolute atomic E-state index is 0.0101. The van der Waals surface area contributed by atoms with Crippen LogP contribution in [0, 0.1) is 0 Å². The second kappa shape index (κ2) is 6.62. The molecular weight excluding hydrogens is 278 g/mol. The quantitative estimate of drug-likeness (QED) is 0.798. The Balaban J connectivity index is 2.95. The number of rotatable bonds is 6. The number of alkyl halides is 2. The number of aliphatic hydroxyl groups excluding tert-OH is 1. The third-order valence-corrected chi connectivity index (χ3v) is 3.46. The SMILES string of the molecule is CN(C)c1nc(N)c(C(=O)N(CCO)CC(F)F)s1. The van der Waals surface area contributed by atoms with Crippen molar-refractivity contribution in [1.82, 2.24) is 9.88 Å². The second-order valence-corrected chi connectivity index (χ2v) is 4.95. The highest BCUT2D eigenvalue weighted by Gasteiger charge is 2.24. The maximum absolute atomic E-state index is 12.4. The molecule has 19 heavy (non-hydrogen) atoms. The summed E-state index contributed by atoms with van der Waals surface area (Å²) in [6, 6.07) is 0. The van der Waals surface area contributed by atoms with E-state index in [0.717, 1.165) is 16.2 Å². The first kappa shape index (κ1) is 15.6. The molecule has 0 saturated carbocycles. The van der Waals surface area contributed by atoms with Crippen molar-refractivity contribution in [2.75, 3.05) is 44.4 Å². The Labute approximate surface area is 113 Å². The van der Waals surface area contributed by atoms with E-state index in [1.807, 2.05) is 0 Å². The lowest BCUT2D eigenvalue weighted by atomic mass is 10.4. The number of thiazole rings is 1. The van der Waals surface area contributed by atoms with Gasteiger partial charge in [0.05, 0.1) is 13.2 Å².